The average Bonchev–Trinajstić information content (AvgIpc) is 3.29. The summed E-state index contributed by atoms with van der Waals surface area (Å²) in [5, 5.41) is 7.08. The SMILES string of the molecule is COc1ccc([C@H]2Oc3ccc(Br)cc3[C@H]3CC(c4ccc(OC)c(OC)c4)=NN32)cc1. The Morgan fingerprint density at radius 1 is 0.906 bits per heavy atom. The number of fused-ring (bicyclic) bond motifs is 3. The number of ether oxygens (including phenoxy) is 4. The van der Waals surface area contributed by atoms with Crippen LogP contribution in [0.2, 0.25) is 0 Å². The lowest BCUT2D eigenvalue weighted by Gasteiger charge is -2.38. The second kappa shape index (κ2) is 8.39. The minimum Gasteiger partial charge on any atom is -0.497 e. The van der Waals surface area contributed by atoms with Crippen molar-refractivity contribution in [1.29, 1.82) is 0 Å². The van der Waals surface area contributed by atoms with Crippen LogP contribution in [0.25, 0.3) is 0 Å². The summed E-state index contributed by atoms with van der Waals surface area (Å²) in [6.45, 7) is 0. The number of benzene rings is 3. The third-order valence-electron chi connectivity index (χ3n) is 5.87. The third kappa shape index (κ3) is 3.56. The highest BCUT2D eigenvalue weighted by molar-refractivity contribution is 9.10. The molecule has 3 aromatic rings. The van der Waals surface area contributed by atoms with Crippen LogP contribution in [0, 0.1) is 0 Å². The van der Waals surface area contributed by atoms with E-state index in [1.165, 1.54) is 0 Å². The molecule has 0 aromatic heterocycles. The Balaban J connectivity index is 1.57. The monoisotopic (exact) mass is 494 g/mol. The molecule has 2 atom stereocenters. The summed E-state index contributed by atoms with van der Waals surface area (Å²) in [4.78, 5) is 0. The van der Waals surface area contributed by atoms with Crippen molar-refractivity contribution in [2.24, 2.45) is 5.10 Å². The molecule has 0 N–H and O–H groups in total. The Morgan fingerprint density at radius 2 is 1.69 bits per heavy atom. The Labute approximate surface area is 195 Å². The molecule has 0 amide bonds. The molecule has 0 saturated heterocycles. The molecule has 0 unspecified atom stereocenters. The highest BCUT2D eigenvalue weighted by atomic mass is 79.9. The van der Waals surface area contributed by atoms with Gasteiger partial charge in [-0.1, -0.05) is 15.9 Å². The molecule has 0 spiro atoms. The van der Waals surface area contributed by atoms with Crippen molar-refractivity contribution < 1.29 is 18.9 Å². The fourth-order valence-corrected chi connectivity index (χ4v) is 4.62. The number of hydrazone groups is 1. The fraction of sp³-hybridized carbons (Fsp3) is 0.240. The van der Waals surface area contributed by atoms with Crippen molar-refractivity contribution in [1.82, 2.24) is 5.01 Å². The number of nitrogens with zero attached hydrogens (tertiary/aromatic N) is 2. The number of hydrogen-bond acceptors (Lipinski definition) is 6. The summed E-state index contributed by atoms with van der Waals surface area (Å²) in [7, 11) is 4.94. The molecule has 2 aliphatic rings. The Kier molecular flexibility index (Phi) is 5.43. The van der Waals surface area contributed by atoms with Crippen molar-refractivity contribution in [3.05, 3.63) is 81.8 Å². The lowest BCUT2D eigenvalue weighted by atomic mass is 9.95. The highest BCUT2D eigenvalue weighted by Crippen LogP contribution is 2.48. The topological polar surface area (TPSA) is 52.5 Å². The maximum absolute atomic E-state index is 6.44. The van der Waals surface area contributed by atoms with Crippen LogP contribution < -0.4 is 18.9 Å². The molecule has 0 saturated carbocycles. The van der Waals surface area contributed by atoms with Gasteiger partial charge in [0.05, 0.1) is 33.1 Å². The van der Waals surface area contributed by atoms with Crippen LogP contribution in [0.4, 0.5) is 0 Å². The average molecular weight is 495 g/mol. The predicted molar refractivity (Wildman–Crippen MR) is 126 cm³/mol. The minimum absolute atomic E-state index is 0.0615. The van der Waals surface area contributed by atoms with Crippen LogP contribution in [-0.4, -0.2) is 32.0 Å². The Hall–Kier alpha value is -3.19. The van der Waals surface area contributed by atoms with E-state index in [9.17, 15) is 0 Å². The van der Waals surface area contributed by atoms with Crippen molar-refractivity contribution >= 4 is 21.6 Å². The quantitative estimate of drug-likeness (QED) is 0.454. The molecule has 32 heavy (non-hydrogen) atoms. The first-order valence-corrected chi connectivity index (χ1v) is 11.1. The number of rotatable bonds is 5. The van der Waals surface area contributed by atoms with Gasteiger partial charge >= 0.3 is 0 Å². The fourth-order valence-electron chi connectivity index (χ4n) is 4.24. The molecule has 2 aliphatic heterocycles. The second-order valence-corrected chi connectivity index (χ2v) is 8.56. The summed E-state index contributed by atoms with van der Waals surface area (Å²) in [5.74, 6) is 3.06. The van der Waals surface area contributed by atoms with Gasteiger partial charge in [-0.15, -0.1) is 0 Å². The first-order valence-electron chi connectivity index (χ1n) is 10.3. The van der Waals surface area contributed by atoms with E-state index in [2.05, 4.69) is 27.0 Å². The van der Waals surface area contributed by atoms with E-state index >= 15 is 0 Å². The Bertz CT molecular complexity index is 1180. The largest absolute Gasteiger partial charge is 0.497 e. The van der Waals surface area contributed by atoms with Gasteiger partial charge in [0, 0.05) is 27.6 Å². The Morgan fingerprint density at radius 3 is 2.41 bits per heavy atom. The zero-order valence-electron chi connectivity index (χ0n) is 18.0. The van der Waals surface area contributed by atoms with E-state index in [4.69, 9.17) is 24.0 Å². The zero-order chi connectivity index (χ0) is 22.2. The molecule has 7 heteroatoms. The number of halogens is 1. The molecule has 6 nitrogen and oxygen atoms in total. The number of hydrogen-bond donors (Lipinski definition) is 0. The minimum atomic E-state index is -0.336. The van der Waals surface area contributed by atoms with Crippen molar-refractivity contribution in [2.75, 3.05) is 21.3 Å². The second-order valence-electron chi connectivity index (χ2n) is 7.64. The van der Waals surface area contributed by atoms with Gasteiger partial charge in [0.1, 0.15) is 11.5 Å². The van der Waals surface area contributed by atoms with Gasteiger partial charge in [-0.05, 0) is 60.7 Å². The lowest BCUT2D eigenvalue weighted by molar-refractivity contribution is -0.0191. The van der Waals surface area contributed by atoms with Crippen LogP contribution in [0.1, 0.15) is 35.4 Å². The maximum Gasteiger partial charge on any atom is 0.213 e. The first kappa shape index (κ1) is 20.7. The summed E-state index contributed by atoms with van der Waals surface area (Å²) in [6.07, 6.45) is 0.423. The van der Waals surface area contributed by atoms with Gasteiger partial charge in [-0.3, -0.25) is 0 Å². The van der Waals surface area contributed by atoms with Gasteiger partial charge in [0.25, 0.3) is 0 Å². The van der Waals surface area contributed by atoms with Gasteiger partial charge < -0.3 is 18.9 Å². The molecule has 0 fully saturated rings. The van der Waals surface area contributed by atoms with E-state index in [1.54, 1.807) is 21.3 Å². The van der Waals surface area contributed by atoms with Gasteiger partial charge in [0.2, 0.25) is 6.23 Å². The standard InChI is InChI=1S/C25H23BrN2O4/c1-29-18-8-4-15(5-9-18)25-28-21(19-13-17(26)7-11-22(19)32-25)14-20(27-28)16-6-10-23(30-2)24(12-16)31-3/h4-13,21,25H,14H2,1-3H3/t21-,25-/m1/s1. The molecule has 0 radical (unpaired) electrons. The lowest BCUT2D eigenvalue weighted by Crippen LogP contribution is -2.33. The van der Waals surface area contributed by atoms with Crippen molar-refractivity contribution in [3.8, 4) is 23.0 Å². The molecule has 0 aliphatic carbocycles. The van der Waals surface area contributed by atoms with E-state index in [0.29, 0.717) is 11.5 Å². The van der Waals surface area contributed by atoms with Gasteiger partial charge in [-0.25, -0.2) is 5.01 Å². The summed E-state index contributed by atoms with van der Waals surface area (Å²) < 4.78 is 23.7. The molecule has 3 aromatic carbocycles. The normalized spacial score (nSPS) is 18.9. The van der Waals surface area contributed by atoms with Crippen LogP contribution in [0.15, 0.2) is 70.2 Å². The van der Waals surface area contributed by atoms with Gasteiger partial charge in [0.15, 0.2) is 11.5 Å². The summed E-state index contributed by atoms with van der Waals surface area (Å²) >= 11 is 3.60. The van der Waals surface area contributed by atoms with Crippen LogP contribution in [-0.2, 0) is 0 Å². The first-order chi connectivity index (χ1) is 15.6. The molecule has 5 rings (SSSR count). The summed E-state index contributed by atoms with van der Waals surface area (Å²) in [5.41, 5.74) is 4.11. The smallest absolute Gasteiger partial charge is 0.213 e. The predicted octanol–water partition coefficient (Wildman–Crippen LogP) is 5.72. The van der Waals surface area contributed by atoms with Gasteiger partial charge in [-0.2, -0.15) is 5.10 Å². The molecular weight excluding hydrogens is 472 g/mol. The van der Waals surface area contributed by atoms with Crippen molar-refractivity contribution in [3.63, 3.8) is 0 Å². The van der Waals surface area contributed by atoms with E-state index in [-0.39, 0.29) is 12.3 Å². The maximum atomic E-state index is 6.44. The third-order valence-corrected chi connectivity index (χ3v) is 6.36. The van der Waals surface area contributed by atoms with E-state index < -0.39 is 0 Å². The van der Waals surface area contributed by atoms with E-state index in [1.807, 2.05) is 54.6 Å². The number of methoxy groups -OCH3 is 3. The summed E-state index contributed by atoms with van der Waals surface area (Å²) in [6, 6.07) is 20.0. The van der Waals surface area contributed by atoms with Crippen molar-refractivity contribution in [2.45, 2.75) is 18.7 Å². The van der Waals surface area contributed by atoms with Crippen LogP contribution in [0.3, 0.4) is 0 Å². The zero-order valence-corrected chi connectivity index (χ0v) is 19.6. The molecule has 0 bridgehead atoms. The molecule has 164 valence electrons. The van der Waals surface area contributed by atoms with Crippen LogP contribution in [0.5, 0.6) is 23.0 Å². The van der Waals surface area contributed by atoms with E-state index in [0.717, 1.165) is 44.8 Å². The molecule has 2 heterocycles. The van der Waals surface area contributed by atoms with Crippen LogP contribution >= 0.6 is 15.9 Å². The molecular formula is C25H23BrN2O4. The highest BCUT2D eigenvalue weighted by Gasteiger charge is 2.41.